The topological polar surface area (TPSA) is 82.2 Å². The van der Waals surface area contributed by atoms with E-state index in [4.69, 9.17) is 9.26 Å². The van der Waals surface area contributed by atoms with Crippen molar-refractivity contribution < 1.29 is 14.1 Å². The van der Waals surface area contributed by atoms with Gasteiger partial charge in [-0.3, -0.25) is 9.48 Å². The molecule has 0 aliphatic carbocycles. The minimum Gasteiger partial charge on any atom is -0.488 e. The Morgan fingerprint density at radius 2 is 1.93 bits per heavy atom. The van der Waals surface area contributed by atoms with Crippen molar-refractivity contribution in [1.29, 1.82) is 0 Å². The highest BCUT2D eigenvalue weighted by molar-refractivity contribution is 5.93. The van der Waals surface area contributed by atoms with Crippen LogP contribution in [0.2, 0.25) is 0 Å². The summed E-state index contributed by atoms with van der Waals surface area (Å²) in [6, 6.07) is 5.98. The van der Waals surface area contributed by atoms with Crippen molar-refractivity contribution >= 4 is 5.91 Å². The van der Waals surface area contributed by atoms with Gasteiger partial charge in [0.25, 0.3) is 5.91 Å². The zero-order chi connectivity index (χ0) is 20.3. The molecule has 0 saturated heterocycles. The highest BCUT2D eigenvalue weighted by Gasteiger charge is 2.21. The average molecular weight is 382 g/mol. The lowest BCUT2D eigenvalue weighted by atomic mass is 10.1. The molecule has 1 aromatic carbocycles. The molecule has 0 radical (unpaired) electrons. The van der Waals surface area contributed by atoms with E-state index in [0.29, 0.717) is 17.9 Å². The Labute approximate surface area is 164 Å². The molecule has 0 saturated carbocycles. The van der Waals surface area contributed by atoms with Crippen LogP contribution in [-0.4, -0.2) is 20.8 Å². The van der Waals surface area contributed by atoms with Gasteiger partial charge in [-0.2, -0.15) is 5.10 Å². The maximum absolute atomic E-state index is 12.7. The molecular weight excluding hydrogens is 356 g/mol. The van der Waals surface area contributed by atoms with Crippen molar-refractivity contribution in [3.63, 3.8) is 0 Å². The maximum atomic E-state index is 12.7. The molecule has 28 heavy (non-hydrogen) atoms. The van der Waals surface area contributed by atoms with E-state index in [9.17, 15) is 4.79 Å². The molecular formula is C21H26N4O3. The first-order valence-electron chi connectivity index (χ1n) is 9.36. The van der Waals surface area contributed by atoms with Gasteiger partial charge < -0.3 is 14.6 Å². The molecule has 1 N–H and O–H groups in total. The molecule has 3 aromatic rings. The normalized spacial score (nSPS) is 10.9. The van der Waals surface area contributed by atoms with E-state index in [1.807, 2.05) is 50.6 Å². The molecule has 0 unspecified atom stereocenters. The van der Waals surface area contributed by atoms with Gasteiger partial charge in [-0.25, -0.2) is 0 Å². The summed E-state index contributed by atoms with van der Waals surface area (Å²) < 4.78 is 13.1. The number of aryl methyl sites for hydroxylation is 4. The van der Waals surface area contributed by atoms with E-state index in [1.54, 1.807) is 13.1 Å². The number of hydrogen-bond acceptors (Lipinski definition) is 5. The van der Waals surface area contributed by atoms with Gasteiger partial charge in [-0.15, -0.1) is 0 Å². The molecule has 3 rings (SSSR count). The third-order valence-corrected chi connectivity index (χ3v) is 4.91. The number of carbonyl (C=O) groups is 1. The predicted octanol–water partition coefficient (Wildman–Crippen LogP) is 3.63. The summed E-state index contributed by atoms with van der Waals surface area (Å²) in [5, 5.41) is 11.1. The van der Waals surface area contributed by atoms with Gasteiger partial charge in [0.1, 0.15) is 18.1 Å². The fourth-order valence-corrected chi connectivity index (χ4v) is 3.15. The Balaban J connectivity index is 1.71. The summed E-state index contributed by atoms with van der Waals surface area (Å²) in [7, 11) is 0. The van der Waals surface area contributed by atoms with E-state index in [1.165, 1.54) is 0 Å². The van der Waals surface area contributed by atoms with Gasteiger partial charge in [0, 0.05) is 24.3 Å². The van der Waals surface area contributed by atoms with Crippen molar-refractivity contribution in [3.8, 4) is 5.75 Å². The Hall–Kier alpha value is -3.09. The number of nitrogens with zero attached hydrogens (tertiary/aromatic N) is 3. The molecule has 148 valence electrons. The lowest BCUT2D eigenvalue weighted by Crippen LogP contribution is -2.25. The number of benzene rings is 1. The van der Waals surface area contributed by atoms with Crippen LogP contribution in [0.4, 0.5) is 0 Å². The van der Waals surface area contributed by atoms with E-state index in [0.717, 1.165) is 34.7 Å². The third kappa shape index (κ3) is 3.93. The molecule has 0 bridgehead atoms. The Bertz CT molecular complexity index is 967. The van der Waals surface area contributed by atoms with Crippen LogP contribution >= 0.6 is 0 Å². The minimum absolute atomic E-state index is 0.219. The van der Waals surface area contributed by atoms with Crippen LogP contribution in [0.3, 0.4) is 0 Å². The van der Waals surface area contributed by atoms with Gasteiger partial charge in [-0.1, -0.05) is 23.4 Å². The van der Waals surface area contributed by atoms with Gasteiger partial charge in [0.05, 0.1) is 11.8 Å². The van der Waals surface area contributed by atoms with Gasteiger partial charge in [-0.05, 0) is 45.7 Å². The fraction of sp³-hybridized carbons (Fsp3) is 0.381. The summed E-state index contributed by atoms with van der Waals surface area (Å²) in [4.78, 5) is 12.7. The monoisotopic (exact) mass is 382 g/mol. The van der Waals surface area contributed by atoms with Crippen LogP contribution in [0.1, 0.15) is 51.1 Å². The van der Waals surface area contributed by atoms with Crippen molar-refractivity contribution in [1.82, 2.24) is 20.3 Å². The van der Waals surface area contributed by atoms with E-state index < -0.39 is 0 Å². The fourth-order valence-electron chi connectivity index (χ4n) is 3.15. The summed E-state index contributed by atoms with van der Waals surface area (Å²) >= 11 is 0. The second-order valence-corrected chi connectivity index (χ2v) is 6.83. The average Bonchev–Trinajstić information content (AvgIpc) is 3.22. The first-order chi connectivity index (χ1) is 13.4. The lowest BCUT2D eigenvalue weighted by molar-refractivity contribution is 0.0939. The van der Waals surface area contributed by atoms with E-state index in [-0.39, 0.29) is 18.2 Å². The molecule has 0 spiro atoms. The number of carbonyl (C=O) groups excluding carboxylic acids is 1. The van der Waals surface area contributed by atoms with Crippen LogP contribution in [0.25, 0.3) is 0 Å². The Kier molecular flexibility index (Phi) is 5.82. The largest absolute Gasteiger partial charge is 0.488 e. The first kappa shape index (κ1) is 19.7. The summed E-state index contributed by atoms with van der Waals surface area (Å²) in [5.74, 6) is 1.10. The van der Waals surface area contributed by atoms with E-state index in [2.05, 4.69) is 15.6 Å². The van der Waals surface area contributed by atoms with Crippen LogP contribution in [0, 0.1) is 27.7 Å². The molecule has 7 nitrogen and oxygen atoms in total. The molecule has 0 aliphatic rings. The van der Waals surface area contributed by atoms with E-state index >= 15 is 0 Å². The molecule has 0 atom stereocenters. The molecule has 7 heteroatoms. The van der Waals surface area contributed by atoms with Gasteiger partial charge >= 0.3 is 0 Å². The van der Waals surface area contributed by atoms with Crippen LogP contribution in [-0.2, 0) is 19.7 Å². The van der Waals surface area contributed by atoms with Crippen molar-refractivity contribution in [2.75, 3.05) is 0 Å². The van der Waals surface area contributed by atoms with Crippen LogP contribution < -0.4 is 10.1 Å². The Morgan fingerprint density at radius 1 is 1.21 bits per heavy atom. The molecule has 0 aliphatic heterocycles. The molecule has 2 heterocycles. The first-order valence-corrected chi connectivity index (χ1v) is 9.36. The van der Waals surface area contributed by atoms with Crippen molar-refractivity contribution in [2.45, 2.75) is 54.3 Å². The Morgan fingerprint density at radius 3 is 2.57 bits per heavy atom. The standard InChI is InChI=1S/C21H26N4O3/c1-6-25-15(4)17(11-23-25)10-22-21(26)19-18(16(5)28-24-19)12-27-20-13(2)8-7-9-14(20)3/h7-9,11H,6,10,12H2,1-5H3,(H,22,26). The van der Waals surface area contributed by atoms with Gasteiger partial charge in [0.2, 0.25) is 0 Å². The number of aromatic nitrogens is 3. The van der Waals surface area contributed by atoms with Crippen LogP contribution in [0.15, 0.2) is 28.9 Å². The number of rotatable bonds is 7. The molecule has 2 aromatic heterocycles. The highest BCUT2D eigenvalue weighted by atomic mass is 16.5. The SMILES string of the molecule is CCn1ncc(CNC(=O)c2noc(C)c2COc2c(C)cccc2C)c1C. The predicted molar refractivity (Wildman–Crippen MR) is 105 cm³/mol. The molecule has 1 amide bonds. The summed E-state index contributed by atoms with van der Waals surface area (Å²) in [5.41, 5.74) is 5.01. The third-order valence-electron chi connectivity index (χ3n) is 4.91. The zero-order valence-corrected chi connectivity index (χ0v) is 17.0. The number of para-hydroxylation sites is 1. The van der Waals surface area contributed by atoms with Crippen molar-refractivity contribution in [3.05, 3.63) is 63.8 Å². The smallest absolute Gasteiger partial charge is 0.274 e. The molecule has 0 fully saturated rings. The number of amides is 1. The minimum atomic E-state index is -0.291. The number of ether oxygens (including phenoxy) is 1. The summed E-state index contributed by atoms with van der Waals surface area (Å²) in [6.07, 6.45) is 1.78. The quantitative estimate of drug-likeness (QED) is 0.675. The van der Waals surface area contributed by atoms with Crippen molar-refractivity contribution in [2.24, 2.45) is 0 Å². The van der Waals surface area contributed by atoms with Gasteiger partial charge in [0.15, 0.2) is 5.69 Å². The number of hydrogen-bond donors (Lipinski definition) is 1. The second kappa shape index (κ2) is 8.29. The van der Waals surface area contributed by atoms with Crippen LogP contribution in [0.5, 0.6) is 5.75 Å². The maximum Gasteiger partial charge on any atom is 0.274 e. The number of nitrogens with one attached hydrogen (secondary N) is 1. The zero-order valence-electron chi connectivity index (χ0n) is 17.0. The highest BCUT2D eigenvalue weighted by Crippen LogP contribution is 2.25. The second-order valence-electron chi connectivity index (χ2n) is 6.83. The lowest BCUT2D eigenvalue weighted by Gasteiger charge is -2.12. The summed E-state index contributed by atoms with van der Waals surface area (Å²) in [6.45, 7) is 11.2.